The molecule has 0 aliphatic carbocycles. The topological polar surface area (TPSA) is 34.4 Å². The second kappa shape index (κ2) is 3.33. The van der Waals surface area contributed by atoms with Gasteiger partial charge in [0.25, 0.3) is 0 Å². The summed E-state index contributed by atoms with van der Waals surface area (Å²) in [4.78, 5) is 4.77. The van der Waals surface area contributed by atoms with E-state index < -0.39 is 11.7 Å². The van der Waals surface area contributed by atoms with Gasteiger partial charge in [-0.05, 0) is 12.1 Å². The molecule has 0 atom stereocenters. The van der Waals surface area contributed by atoms with Crippen molar-refractivity contribution >= 4 is 10.9 Å². The Morgan fingerprint density at radius 1 is 1.31 bits per heavy atom. The van der Waals surface area contributed by atoms with Gasteiger partial charge in [0.2, 0.25) is 5.88 Å². The summed E-state index contributed by atoms with van der Waals surface area (Å²) in [5.74, 6) is -0.366. The third kappa shape index (κ3) is 1.46. The van der Waals surface area contributed by atoms with Crippen molar-refractivity contribution in [3.63, 3.8) is 0 Å². The zero-order chi connectivity index (χ0) is 11.9. The maximum Gasteiger partial charge on any atom is 0.417 e. The highest BCUT2D eigenvalue weighted by Gasteiger charge is 2.33. The first-order valence-corrected chi connectivity index (χ1v) is 4.40. The number of hydrogen-bond donors (Lipinski definition) is 1. The highest BCUT2D eigenvalue weighted by Crippen LogP contribution is 2.36. The van der Waals surface area contributed by atoms with E-state index in [-0.39, 0.29) is 16.8 Å². The van der Waals surface area contributed by atoms with E-state index in [1.807, 2.05) is 0 Å². The smallest absolute Gasteiger partial charge is 0.417 e. The molecule has 0 unspecified atom stereocenters. The predicted octanol–water partition coefficient (Wildman–Crippen LogP) is 2.42. The lowest BCUT2D eigenvalue weighted by Crippen LogP contribution is -2.07. The normalized spacial score (nSPS) is 12.0. The van der Waals surface area contributed by atoms with Crippen LogP contribution in [0.4, 0.5) is 13.2 Å². The summed E-state index contributed by atoms with van der Waals surface area (Å²) in [6.45, 7) is 0. The highest BCUT2D eigenvalue weighted by molar-refractivity contribution is 5.85. The number of benzene rings is 1. The van der Waals surface area contributed by atoms with Crippen molar-refractivity contribution < 1.29 is 23.1 Å². The van der Waals surface area contributed by atoms with Crippen molar-refractivity contribution in [2.75, 3.05) is 7.11 Å². The molecule has 0 bridgehead atoms. The molecular weight excluding hydrogens is 223 g/mol. The van der Waals surface area contributed by atoms with E-state index in [0.717, 1.165) is 16.9 Å². The number of halogens is 3. The van der Waals surface area contributed by atoms with E-state index in [2.05, 4.69) is 0 Å². The molecule has 86 valence electrons. The zero-order valence-corrected chi connectivity index (χ0v) is 8.25. The van der Waals surface area contributed by atoms with Crippen molar-refractivity contribution in [1.29, 1.82) is 0 Å². The first-order chi connectivity index (χ1) is 7.45. The second-order valence-electron chi connectivity index (χ2n) is 3.22. The molecule has 0 radical (unpaired) electrons. The summed E-state index contributed by atoms with van der Waals surface area (Å²) in [6, 6.07) is 4.69. The van der Waals surface area contributed by atoms with E-state index in [9.17, 15) is 18.3 Å². The maximum atomic E-state index is 12.6. The molecule has 2 aromatic rings. The summed E-state index contributed by atoms with van der Waals surface area (Å²) >= 11 is 0. The van der Waals surface area contributed by atoms with Crippen LogP contribution in [0.2, 0.25) is 0 Å². The van der Waals surface area contributed by atoms with Crippen molar-refractivity contribution in [3.8, 4) is 5.88 Å². The second-order valence-corrected chi connectivity index (χ2v) is 3.22. The number of alkyl halides is 3. The van der Waals surface area contributed by atoms with Crippen LogP contribution in [-0.4, -0.2) is 16.9 Å². The van der Waals surface area contributed by atoms with Crippen LogP contribution >= 0.6 is 0 Å². The average molecular weight is 231 g/mol. The molecule has 0 saturated heterocycles. The molecule has 1 N–H and O–H groups in total. The van der Waals surface area contributed by atoms with E-state index in [4.69, 9.17) is 4.84 Å². The molecular formula is C10H8F3NO2. The Morgan fingerprint density at radius 3 is 2.56 bits per heavy atom. The molecule has 0 fully saturated rings. The largest absolute Gasteiger partial charge is 0.492 e. The van der Waals surface area contributed by atoms with Crippen LogP contribution < -0.4 is 4.84 Å². The summed E-state index contributed by atoms with van der Waals surface area (Å²) < 4.78 is 38.8. The monoisotopic (exact) mass is 231 g/mol. The number of hydrogen-bond acceptors (Lipinski definition) is 2. The minimum Gasteiger partial charge on any atom is -0.492 e. The summed E-state index contributed by atoms with van der Waals surface area (Å²) in [5.41, 5.74) is -0.620. The average Bonchev–Trinajstić information content (AvgIpc) is 2.50. The minimum absolute atomic E-state index is 0.0886. The number of aromatic nitrogens is 1. The van der Waals surface area contributed by atoms with Crippen molar-refractivity contribution in [1.82, 2.24) is 4.73 Å². The molecule has 3 nitrogen and oxygen atoms in total. The third-order valence-electron chi connectivity index (χ3n) is 2.27. The Bertz CT molecular complexity index is 531. The first-order valence-electron chi connectivity index (χ1n) is 4.40. The van der Waals surface area contributed by atoms with E-state index >= 15 is 0 Å². The van der Waals surface area contributed by atoms with E-state index in [0.29, 0.717) is 0 Å². The highest BCUT2D eigenvalue weighted by atomic mass is 19.4. The van der Waals surface area contributed by atoms with Gasteiger partial charge in [0.15, 0.2) is 0 Å². The molecule has 0 aliphatic heterocycles. The molecule has 0 saturated carbocycles. The van der Waals surface area contributed by atoms with Gasteiger partial charge in [0, 0.05) is 11.5 Å². The van der Waals surface area contributed by atoms with Crippen LogP contribution in [0.25, 0.3) is 10.9 Å². The van der Waals surface area contributed by atoms with Crippen LogP contribution in [0, 0.1) is 0 Å². The van der Waals surface area contributed by atoms with Gasteiger partial charge in [-0.25, -0.2) is 0 Å². The van der Waals surface area contributed by atoms with E-state index in [1.54, 1.807) is 0 Å². The van der Waals surface area contributed by atoms with Gasteiger partial charge in [0.1, 0.15) is 7.11 Å². The number of rotatable bonds is 1. The number of aromatic hydroxyl groups is 1. The molecule has 0 amide bonds. The Labute approximate surface area is 88.6 Å². The van der Waals surface area contributed by atoms with Crippen molar-refractivity contribution in [3.05, 3.63) is 29.8 Å². The lowest BCUT2D eigenvalue weighted by molar-refractivity contribution is -0.136. The van der Waals surface area contributed by atoms with Gasteiger partial charge in [-0.2, -0.15) is 13.2 Å². The van der Waals surface area contributed by atoms with Crippen molar-refractivity contribution in [2.45, 2.75) is 6.18 Å². The molecule has 0 spiro atoms. The molecule has 0 aliphatic rings. The van der Waals surface area contributed by atoms with E-state index in [1.165, 1.54) is 19.2 Å². The van der Waals surface area contributed by atoms with Crippen LogP contribution in [0.1, 0.15) is 5.56 Å². The fourth-order valence-corrected chi connectivity index (χ4v) is 1.63. The minimum atomic E-state index is -4.45. The summed E-state index contributed by atoms with van der Waals surface area (Å²) in [5, 5.41) is 9.31. The van der Waals surface area contributed by atoms with Crippen molar-refractivity contribution in [2.24, 2.45) is 0 Å². The van der Waals surface area contributed by atoms with Gasteiger partial charge in [-0.1, -0.05) is 6.07 Å². The van der Waals surface area contributed by atoms with Gasteiger partial charge >= 0.3 is 6.18 Å². The molecule has 1 aromatic heterocycles. The molecule has 1 heterocycles. The predicted molar refractivity (Wildman–Crippen MR) is 51.1 cm³/mol. The van der Waals surface area contributed by atoms with Gasteiger partial charge in [-0.3, -0.25) is 0 Å². The van der Waals surface area contributed by atoms with Gasteiger partial charge < -0.3 is 9.94 Å². The van der Waals surface area contributed by atoms with Crippen LogP contribution in [0.3, 0.4) is 0 Å². The first kappa shape index (κ1) is 10.7. The maximum absolute atomic E-state index is 12.6. The third-order valence-corrected chi connectivity index (χ3v) is 2.27. The summed E-state index contributed by atoms with van der Waals surface area (Å²) in [6.07, 6.45) is -4.45. The lowest BCUT2D eigenvalue weighted by atomic mass is 10.1. The fourth-order valence-electron chi connectivity index (χ4n) is 1.63. The SMILES string of the molecule is COn1c(O)cc2c(C(F)(F)F)cccc21. The standard InChI is InChI=1S/C10H8F3NO2/c1-16-14-8-4-2-3-7(10(11,12)13)6(8)5-9(14)15/h2-5,15H,1H3. The summed E-state index contributed by atoms with van der Waals surface area (Å²) in [7, 11) is 1.26. The van der Waals surface area contributed by atoms with Gasteiger partial charge in [-0.15, -0.1) is 4.73 Å². The molecule has 16 heavy (non-hydrogen) atoms. The Balaban J connectivity index is 2.80. The Hall–Kier alpha value is -1.85. The quantitative estimate of drug-likeness (QED) is 0.817. The van der Waals surface area contributed by atoms with Crippen LogP contribution in [-0.2, 0) is 6.18 Å². The zero-order valence-electron chi connectivity index (χ0n) is 8.25. The Morgan fingerprint density at radius 2 is 2.00 bits per heavy atom. The molecule has 1 aromatic carbocycles. The molecule has 2 rings (SSSR count). The number of nitrogens with zero attached hydrogens (tertiary/aromatic N) is 1. The van der Waals surface area contributed by atoms with Gasteiger partial charge in [0.05, 0.1) is 11.1 Å². The Kier molecular flexibility index (Phi) is 2.22. The van der Waals surface area contributed by atoms with Crippen LogP contribution in [0.5, 0.6) is 5.88 Å². The number of fused-ring (bicyclic) bond motifs is 1. The molecule has 6 heteroatoms. The lowest BCUT2D eigenvalue weighted by Gasteiger charge is -2.08. The fraction of sp³-hybridized carbons (Fsp3) is 0.200. The van der Waals surface area contributed by atoms with Crippen LogP contribution in [0.15, 0.2) is 24.3 Å².